The third-order valence-electron chi connectivity index (χ3n) is 3.71. The van der Waals surface area contributed by atoms with Crippen LogP contribution in [0.5, 0.6) is 0 Å². The van der Waals surface area contributed by atoms with Crippen LogP contribution in [0.1, 0.15) is 112 Å². The van der Waals surface area contributed by atoms with Gasteiger partial charge in [-0.25, -0.2) is 8.42 Å². The molecule has 0 aromatic rings. The molecule has 0 atom stereocenters. The summed E-state index contributed by atoms with van der Waals surface area (Å²) in [6.45, 7) is 13.0. The molecular weight excluding hydrogens is 350 g/mol. The third kappa shape index (κ3) is 31.6. The summed E-state index contributed by atoms with van der Waals surface area (Å²) >= 11 is 0. The highest BCUT2D eigenvalue weighted by molar-refractivity contribution is 7.80. The van der Waals surface area contributed by atoms with Crippen LogP contribution >= 0.6 is 0 Å². The maximum absolute atomic E-state index is 10.1. The number of hydrogen-bond donors (Lipinski definition) is 1. The molecule has 160 valence electrons. The number of nitrogens with two attached hydrogens (primary N) is 1. The number of rotatable bonds is 13. The van der Waals surface area contributed by atoms with Crippen molar-refractivity contribution < 1.29 is 17.2 Å². The minimum atomic E-state index is -4.48. The lowest BCUT2D eigenvalue weighted by Gasteiger charge is -2.28. The van der Waals surface area contributed by atoms with Crippen LogP contribution in [0.25, 0.3) is 0 Å². The van der Waals surface area contributed by atoms with Crippen molar-refractivity contribution in [2.75, 3.05) is 6.61 Å². The van der Waals surface area contributed by atoms with E-state index in [0.29, 0.717) is 11.8 Å². The SMILES string of the molecule is CC(C)(C)CC(C)(C)N.CCCCCCCCCCCCOS(=O)(=O)[O-]. The van der Waals surface area contributed by atoms with Crippen LogP contribution in [-0.2, 0) is 14.6 Å². The molecule has 0 fully saturated rings. The molecule has 0 aromatic heterocycles. The van der Waals surface area contributed by atoms with Crippen LogP contribution < -0.4 is 5.73 Å². The zero-order valence-electron chi connectivity index (χ0n) is 18.1. The number of unbranched alkanes of at least 4 members (excludes halogenated alkanes) is 9. The molecule has 0 radical (unpaired) electrons. The van der Waals surface area contributed by atoms with Crippen molar-refractivity contribution in [3.63, 3.8) is 0 Å². The van der Waals surface area contributed by atoms with Gasteiger partial charge < -0.3 is 10.3 Å². The molecule has 0 amide bonds. The fourth-order valence-corrected chi connectivity index (χ4v) is 3.44. The summed E-state index contributed by atoms with van der Waals surface area (Å²) in [5.74, 6) is 0. The van der Waals surface area contributed by atoms with Gasteiger partial charge in [-0.1, -0.05) is 85.5 Å². The largest absolute Gasteiger partial charge is 0.726 e. The van der Waals surface area contributed by atoms with Crippen molar-refractivity contribution in [2.24, 2.45) is 11.1 Å². The van der Waals surface area contributed by atoms with Crippen molar-refractivity contribution >= 4 is 10.4 Å². The lowest BCUT2D eigenvalue weighted by Crippen LogP contribution is -2.36. The van der Waals surface area contributed by atoms with Crippen LogP contribution in [0.2, 0.25) is 0 Å². The van der Waals surface area contributed by atoms with Crippen LogP contribution in [0, 0.1) is 5.41 Å². The van der Waals surface area contributed by atoms with E-state index in [1.54, 1.807) is 0 Å². The maximum atomic E-state index is 10.1. The van der Waals surface area contributed by atoms with Gasteiger partial charge >= 0.3 is 0 Å². The van der Waals surface area contributed by atoms with Gasteiger partial charge in [0.25, 0.3) is 0 Å². The molecule has 0 spiro atoms. The summed E-state index contributed by atoms with van der Waals surface area (Å²) < 4.78 is 34.5. The molecule has 0 aromatic carbocycles. The molecule has 0 heterocycles. The van der Waals surface area contributed by atoms with Crippen molar-refractivity contribution in [1.29, 1.82) is 0 Å². The quantitative estimate of drug-likeness (QED) is 0.251. The first-order chi connectivity index (χ1) is 11.8. The van der Waals surface area contributed by atoms with E-state index in [4.69, 9.17) is 5.73 Å². The summed E-state index contributed by atoms with van der Waals surface area (Å²) in [5.41, 5.74) is 6.17. The van der Waals surface area contributed by atoms with E-state index in [-0.39, 0.29) is 12.1 Å². The lowest BCUT2D eigenvalue weighted by molar-refractivity contribution is 0.255. The van der Waals surface area contributed by atoms with E-state index in [0.717, 1.165) is 19.3 Å². The maximum Gasteiger partial charge on any atom is 0.217 e. The molecule has 0 bridgehead atoms. The summed E-state index contributed by atoms with van der Waals surface area (Å²) in [6.07, 6.45) is 12.8. The zero-order chi connectivity index (χ0) is 20.7. The summed E-state index contributed by atoms with van der Waals surface area (Å²) in [4.78, 5) is 0. The van der Waals surface area contributed by atoms with E-state index in [2.05, 4.69) is 45.7 Å². The second kappa shape index (κ2) is 14.8. The van der Waals surface area contributed by atoms with Gasteiger partial charge in [0.05, 0.1) is 6.61 Å². The predicted molar refractivity (Wildman–Crippen MR) is 110 cm³/mol. The molecule has 0 saturated heterocycles. The first-order valence-electron chi connectivity index (χ1n) is 10.2. The van der Waals surface area contributed by atoms with E-state index >= 15 is 0 Å². The second-order valence-corrected chi connectivity index (χ2v) is 10.2. The molecular formula is C20H44NO4S-. The molecule has 2 N–H and O–H groups in total. The standard InChI is InChI=1S/C12H26O4S.C8H19N/c1-2-3-4-5-6-7-8-9-10-11-12-16-17(13,14)15;1-7(2,3)6-8(4,5)9/h2-12H2,1H3,(H,13,14,15);6,9H2,1-5H3/p-1. The Morgan fingerprint density at radius 1 is 0.808 bits per heavy atom. The van der Waals surface area contributed by atoms with Crippen molar-refractivity contribution in [3.05, 3.63) is 0 Å². The van der Waals surface area contributed by atoms with Gasteiger partial charge in [0.15, 0.2) is 0 Å². The van der Waals surface area contributed by atoms with E-state index in [1.165, 1.54) is 44.9 Å². The van der Waals surface area contributed by atoms with E-state index in [9.17, 15) is 13.0 Å². The topological polar surface area (TPSA) is 92.5 Å². The highest BCUT2D eigenvalue weighted by Crippen LogP contribution is 2.24. The smallest absolute Gasteiger partial charge is 0.217 e. The molecule has 5 nitrogen and oxygen atoms in total. The van der Waals surface area contributed by atoms with Gasteiger partial charge in [-0.05, 0) is 32.1 Å². The Hall–Kier alpha value is -0.170. The predicted octanol–water partition coefficient (Wildman–Crippen LogP) is 5.54. The highest BCUT2D eigenvalue weighted by Gasteiger charge is 2.20. The summed E-state index contributed by atoms with van der Waals surface area (Å²) in [6, 6.07) is 0. The molecule has 0 rings (SSSR count). The van der Waals surface area contributed by atoms with Crippen LogP contribution in [0.15, 0.2) is 0 Å². The summed E-state index contributed by atoms with van der Waals surface area (Å²) in [7, 11) is -4.48. The fourth-order valence-electron chi connectivity index (χ4n) is 3.12. The molecule has 0 aliphatic heterocycles. The van der Waals surface area contributed by atoms with Gasteiger partial charge in [-0.2, -0.15) is 0 Å². The van der Waals surface area contributed by atoms with Crippen molar-refractivity contribution in [2.45, 2.75) is 118 Å². The number of hydrogen-bond acceptors (Lipinski definition) is 5. The average molecular weight is 395 g/mol. The Morgan fingerprint density at radius 2 is 1.19 bits per heavy atom. The van der Waals surface area contributed by atoms with Crippen LogP contribution in [-0.4, -0.2) is 25.1 Å². The average Bonchev–Trinajstić information content (AvgIpc) is 2.40. The Bertz CT molecular complexity index is 397. The van der Waals surface area contributed by atoms with Gasteiger partial charge in [0.1, 0.15) is 0 Å². The Balaban J connectivity index is 0. The summed E-state index contributed by atoms with van der Waals surface area (Å²) in [5, 5.41) is 0. The highest BCUT2D eigenvalue weighted by atomic mass is 32.3. The van der Waals surface area contributed by atoms with Gasteiger partial charge in [-0.3, -0.25) is 4.18 Å². The van der Waals surface area contributed by atoms with Crippen molar-refractivity contribution in [3.8, 4) is 0 Å². The second-order valence-electron chi connectivity index (χ2n) is 9.14. The first kappa shape index (κ1) is 28.0. The Morgan fingerprint density at radius 3 is 1.46 bits per heavy atom. The van der Waals surface area contributed by atoms with E-state index < -0.39 is 10.4 Å². The normalized spacial score (nSPS) is 12.6. The van der Waals surface area contributed by atoms with Gasteiger partial charge in [0, 0.05) is 5.54 Å². The van der Waals surface area contributed by atoms with Gasteiger partial charge in [-0.15, -0.1) is 0 Å². The van der Waals surface area contributed by atoms with Crippen LogP contribution in [0.3, 0.4) is 0 Å². The minimum Gasteiger partial charge on any atom is -0.726 e. The third-order valence-corrected chi connectivity index (χ3v) is 4.17. The molecule has 0 aliphatic rings. The minimum absolute atomic E-state index is 0.0156. The Kier molecular flexibility index (Phi) is 16.0. The molecule has 0 saturated carbocycles. The zero-order valence-corrected chi connectivity index (χ0v) is 18.9. The fraction of sp³-hybridized carbons (Fsp3) is 1.00. The molecule has 0 unspecified atom stereocenters. The molecule has 26 heavy (non-hydrogen) atoms. The Labute approximate surface area is 163 Å². The van der Waals surface area contributed by atoms with E-state index in [1.807, 2.05) is 0 Å². The monoisotopic (exact) mass is 394 g/mol. The first-order valence-corrected chi connectivity index (χ1v) is 11.5. The lowest BCUT2D eigenvalue weighted by atomic mass is 9.82. The molecule has 6 heteroatoms. The van der Waals surface area contributed by atoms with Gasteiger partial charge in [0.2, 0.25) is 10.4 Å². The molecule has 0 aliphatic carbocycles. The van der Waals surface area contributed by atoms with Crippen LogP contribution in [0.4, 0.5) is 0 Å². The van der Waals surface area contributed by atoms with Crippen molar-refractivity contribution in [1.82, 2.24) is 0 Å².